The Morgan fingerprint density at radius 2 is 1.81 bits per heavy atom. The first-order valence-corrected chi connectivity index (χ1v) is 10.2. The second kappa shape index (κ2) is 7.02. The third-order valence-corrected chi connectivity index (χ3v) is 5.47. The second-order valence-corrected chi connectivity index (χ2v) is 7.59. The zero-order valence-corrected chi connectivity index (χ0v) is 17.1. The maximum atomic E-state index is 12.7. The molecule has 0 aliphatic heterocycles. The van der Waals surface area contributed by atoms with Crippen LogP contribution in [0.3, 0.4) is 0 Å². The lowest BCUT2D eigenvalue weighted by molar-refractivity contribution is 0.547. The molecule has 0 radical (unpaired) electrons. The number of fused-ring (bicyclic) bond motifs is 2. The van der Waals surface area contributed by atoms with E-state index in [9.17, 15) is 4.79 Å². The van der Waals surface area contributed by atoms with Crippen LogP contribution >= 0.6 is 0 Å². The van der Waals surface area contributed by atoms with Gasteiger partial charge in [0, 0.05) is 34.9 Å². The third kappa shape index (κ3) is 2.99. The van der Waals surface area contributed by atoms with E-state index in [2.05, 4.69) is 26.0 Å². The predicted molar refractivity (Wildman–Crippen MR) is 123 cm³/mol. The van der Waals surface area contributed by atoms with E-state index in [0.717, 1.165) is 33.2 Å². The Hall–Kier alpha value is -4.52. The minimum Gasteiger partial charge on any atom is -0.460 e. The number of imidazole rings is 1. The summed E-state index contributed by atoms with van der Waals surface area (Å²) < 4.78 is 5.90. The zero-order chi connectivity index (χ0) is 21.7. The lowest BCUT2D eigenvalue weighted by Gasteiger charge is -2.11. The molecule has 1 aromatic carbocycles. The molecule has 0 spiro atoms. The number of hydrogen-bond acceptors (Lipinski definition) is 5. The number of benzene rings is 1. The summed E-state index contributed by atoms with van der Waals surface area (Å²) in [6, 6.07) is 17.7. The van der Waals surface area contributed by atoms with Crippen molar-refractivity contribution in [2.75, 3.05) is 0 Å². The highest BCUT2D eigenvalue weighted by Crippen LogP contribution is 2.35. The fraction of sp³-hybridized carbons (Fsp3) is 0.0400. The van der Waals surface area contributed by atoms with Crippen LogP contribution in [0.1, 0.15) is 5.76 Å². The van der Waals surface area contributed by atoms with Crippen LogP contribution in [0.25, 0.3) is 55.9 Å². The minimum atomic E-state index is -0.258. The quantitative estimate of drug-likeness (QED) is 0.416. The average molecular weight is 419 g/mol. The van der Waals surface area contributed by atoms with Crippen molar-refractivity contribution in [3.05, 3.63) is 89.3 Å². The van der Waals surface area contributed by atoms with Crippen molar-refractivity contribution in [2.24, 2.45) is 0 Å². The van der Waals surface area contributed by atoms with E-state index < -0.39 is 0 Å². The number of aromatic amines is 2. The summed E-state index contributed by atoms with van der Waals surface area (Å²) in [5.41, 5.74) is 4.15. The van der Waals surface area contributed by atoms with Crippen molar-refractivity contribution in [1.29, 1.82) is 0 Å². The van der Waals surface area contributed by atoms with Gasteiger partial charge in [-0.25, -0.2) is 9.97 Å². The molecular weight excluding hydrogens is 402 g/mol. The second-order valence-electron chi connectivity index (χ2n) is 7.59. The van der Waals surface area contributed by atoms with Crippen LogP contribution in [-0.4, -0.2) is 24.9 Å². The molecule has 32 heavy (non-hydrogen) atoms. The van der Waals surface area contributed by atoms with E-state index in [1.54, 1.807) is 18.6 Å². The van der Waals surface area contributed by atoms with Crippen molar-refractivity contribution < 1.29 is 4.42 Å². The number of aromatic nitrogens is 5. The monoisotopic (exact) mass is 419 g/mol. The van der Waals surface area contributed by atoms with Crippen LogP contribution in [0.2, 0.25) is 0 Å². The Balaban J connectivity index is 1.64. The van der Waals surface area contributed by atoms with Crippen LogP contribution < -0.4 is 5.56 Å². The lowest BCUT2D eigenvalue weighted by atomic mass is 9.99. The molecule has 2 N–H and O–H groups in total. The predicted octanol–water partition coefficient (Wildman–Crippen LogP) is 5.10. The molecule has 0 bridgehead atoms. The van der Waals surface area contributed by atoms with Crippen molar-refractivity contribution in [3.63, 3.8) is 0 Å². The molecule has 0 saturated carbocycles. The Morgan fingerprint density at radius 1 is 0.906 bits per heavy atom. The molecule has 0 atom stereocenters. The molecule has 7 nitrogen and oxygen atoms in total. The fourth-order valence-electron chi connectivity index (χ4n) is 3.94. The van der Waals surface area contributed by atoms with Crippen LogP contribution in [0.5, 0.6) is 0 Å². The fourth-order valence-corrected chi connectivity index (χ4v) is 3.94. The molecular formula is C25H17N5O2. The summed E-state index contributed by atoms with van der Waals surface area (Å²) in [4.78, 5) is 32.0. The summed E-state index contributed by atoms with van der Waals surface area (Å²) in [5, 5.41) is 1.83. The Labute approximate surface area is 181 Å². The van der Waals surface area contributed by atoms with Gasteiger partial charge in [0.2, 0.25) is 0 Å². The maximum absolute atomic E-state index is 12.7. The van der Waals surface area contributed by atoms with E-state index >= 15 is 0 Å². The van der Waals surface area contributed by atoms with E-state index in [0.29, 0.717) is 28.5 Å². The smallest absolute Gasteiger partial charge is 0.260 e. The normalized spacial score (nSPS) is 11.4. The van der Waals surface area contributed by atoms with Gasteiger partial charge in [-0.15, -0.1) is 0 Å². The first kappa shape index (κ1) is 18.3. The third-order valence-electron chi connectivity index (χ3n) is 5.47. The number of furan rings is 1. The number of rotatable bonds is 3. The molecule has 5 aromatic heterocycles. The van der Waals surface area contributed by atoms with Crippen LogP contribution in [-0.2, 0) is 0 Å². The molecule has 7 heteroatoms. The lowest BCUT2D eigenvalue weighted by Crippen LogP contribution is -2.10. The standard InChI is InChI=1S/C25H17N5O2/c1-14-4-7-21(32-14)22-18(15-5-6-20-16(11-15)3-2-8-26-20)12-17-13-19(24-27-9-10-28-24)25(31)30-23(17)29-22/h2-13H,1H3,(H,27,28)(H,29,30,31). The van der Waals surface area contributed by atoms with Gasteiger partial charge in [-0.3, -0.25) is 9.78 Å². The number of H-pyrrole nitrogens is 2. The van der Waals surface area contributed by atoms with Gasteiger partial charge in [-0.05, 0) is 55.0 Å². The van der Waals surface area contributed by atoms with Crippen molar-refractivity contribution in [3.8, 4) is 34.0 Å². The first-order valence-electron chi connectivity index (χ1n) is 10.2. The average Bonchev–Trinajstić information content (AvgIpc) is 3.49. The number of pyridine rings is 3. The van der Waals surface area contributed by atoms with Gasteiger partial charge in [0.15, 0.2) is 5.76 Å². The Kier molecular flexibility index (Phi) is 4.01. The minimum absolute atomic E-state index is 0.258. The Morgan fingerprint density at radius 3 is 2.62 bits per heavy atom. The number of aryl methyl sites for hydroxylation is 1. The summed E-state index contributed by atoms with van der Waals surface area (Å²) in [6.45, 7) is 1.89. The van der Waals surface area contributed by atoms with Crippen molar-refractivity contribution in [2.45, 2.75) is 6.92 Å². The van der Waals surface area contributed by atoms with Gasteiger partial charge in [0.1, 0.15) is 22.9 Å². The Bertz CT molecular complexity index is 1660. The van der Waals surface area contributed by atoms with Gasteiger partial charge >= 0.3 is 0 Å². The highest BCUT2D eigenvalue weighted by molar-refractivity contribution is 5.93. The molecule has 0 aliphatic carbocycles. The molecule has 154 valence electrons. The summed E-state index contributed by atoms with van der Waals surface area (Å²) in [7, 11) is 0. The molecule has 0 aliphatic rings. The van der Waals surface area contributed by atoms with Gasteiger partial charge in [-0.2, -0.15) is 0 Å². The molecule has 0 amide bonds. The van der Waals surface area contributed by atoms with E-state index in [1.807, 2.05) is 55.5 Å². The molecule has 6 aromatic rings. The van der Waals surface area contributed by atoms with Crippen LogP contribution in [0, 0.1) is 6.92 Å². The summed E-state index contributed by atoms with van der Waals surface area (Å²) in [6.07, 6.45) is 5.09. The molecule has 0 fully saturated rings. The van der Waals surface area contributed by atoms with Gasteiger partial charge < -0.3 is 14.4 Å². The number of hydrogen-bond donors (Lipinski definition) is 2. The molecule has 0 unspecified atom stereocenters. The first-order chi connectivity index (χ1) is 15.7. The van der Waals surface area contributed by atoms with E-state index in [1.165, 1.54) is 0 Å². The molecule has 6 rings (SSSR count). The zero-order valence-electron chi connectivity index (χ0n) is 17.1. The van der Waals surface area contributed by atoms with Gasteiger partial charge in [0.05, 0.1) is 11.1 Å². The molecule has 5 heterocycles. The largest absolute Gasteiger partial charge is 0.460 e. The summed E-state index contributed by atoms with van der Waals surface area (Å²) >= 11 is 0. The van der Waals surface area contributed by atoms with E-state index in [-0.39, 0.29) is 5.56 Å². The highest BCUT2D eigenvalue weighted by Gasteiger charge is 2.17. The maximum Gasteiger partial charge on any atom is 0.260 e. The number of nitrogens with zero attached hydrogens (tertiary/aromatic N) is 3. The molecule has 0 saturated heterocycles. The summed E-state index contributed by atoms with van der Waals surface area (Å²) in [5.74, 6) is 1.94. The van der Waals surface area contributed by atoms with Crippen molar-refractivity contribution in [1.82, 2.24) is 24.9 Å². The topological polar surface area (TPSA) is 100 Å². The highest BCUT2D eigenvalue weighted by atomic mass is 16.3. The van der Waals surface area contributed by atoms with Crippen LogP contribution in [0.4, 0.5) is 0 Å². The van der Waals surface area contributed by atoms with Crippen molar-refractivity contribution >= 4 is 21.9 Å². The van der Waals surface area contributed by atoms with Gasteiger partial charge in [-0.1, -0.05) is 12.1 Å². The van der Waals surface area contributed by atoms with Crippen LogP contribution in [0.15, 0.2) is 82.4 Å². The van der Waals surface area contributed by atoms with E-state index in [4.69, 9.17) is 9.40 Å². The van der Waals surface area contributed by atoms with Gasteiger partial charge in [0.25, 0.3) is 5.56 Å². The number of nitrogens with one attached hydrogen (secondary N) is 2. The SMILES string of the molecule is Cc1ccc(-c2nc3[nH]c(=O)c(-c4ncc[nH]4)cc3cc2-c2ccc3ncccc3c2)o1.